The van der Waals surface area contributed by atoms with E-state index in [9.17, 15) is 8.42 Å². The predicted molar refractivity (Wildman–Crippen MR) is 75.1 cm³/mol. The SMILES string of the molecule is Cc1cc(CN)cc(S(=O)(=O)NCc2ncon2)c1Br. The zero-order valence-corrected chi connectivity index (χ0v) is 13.0. The highest BCUT2D eigenvalue weighted by Crippen LogP contribution is 2.27. The normalized spacial score (nSPS) is 11.8. The molecule has 1 aromatic carbocycles. The summed E-state index contributed by atoms with van der Waals surface area (Å²) in [6.07, 6.45) is 1.14. The minimum atomic E-state index is -3.70. The standard InChI is InChI=1S/C11H13BrN4O3S/c1-7-2-8(4-13)3-9(11(7)12)20(17,18)15-5-10-14-6-19-16-10/h2-3,6,15H,4-5,13H2,1H3. The van der Waals surface area contributed by atoms with Gasteiger partial charge in [0.25, 0.3) is 0 Å². The first-order valence-electron chi connectivity index (χ1n) is 5.68. The lowest BCUT2D eigenvalue weighted by molar-refractivity contribution is 0.409. The lowest BCUT2D eigenvalue weighted by Gasteiger charge is -2.11. The molecule has 2 rings (SSSR count). The van der Waals surface area contributed by atoms with Gasteiger partial charge in [0.2, 0.25) is 16.4 Å². The van der Waals surface area contributed by atoms with Gasteiger partial charge in [-0.1, -0.05) is 11.2 Å². The van der Waals surface area contributed by atoms with Gasteiger partial charge in [0.15, 0.2) is 5.82 Å². The summed E-state index contributed by atoms with van der Waals surface area (Å²) in [6, 6.07) is 3.37. The number of rotatable bonds is 5. The van der Waals surface area contributed by atoms with Gasteiger partial charge in [-0.05, 0) is 40.0 Å². The Bertz CT molecular complexity index is 701. The number of benzene rings is 1. The monoisotopic (exact) mass is 360 g/mol. The molecule has 0 radical (unpaired) electrons. The van der Waals surface area contributed by atoms with Gasteiger partial charge in [-0.3, -0.25) is 0 Å². The van der Waals surface area contributed by atoms with Crippen molar-refractivity contribution in [2.45, 2.75) is 24.9 Å². The maximum absolute atomic E-state index is 12.3. The molecule has 0 aliphatic heterocycles. The number of sulfonamides is 1. The summed E-state index contributed by atoms with van der Waals surface area (Å²) in [6.45, 7) is 2.03. The fourth-order valence-electron chi connectivity index (χ4n) is 1.63. The first kappa shape index (κ1) is 15.1. The molecule has 1 aromatic heterocycles. The molecular formula is C11H13BrN4O3S. The number of nitrogens with zero attached hydrogens (tertiary/aromatic N) is 2. The molecule has 0 spiro atoms. The Morgan fingerprint density at radius 1 is 1.45 bits per heavy atom. The van der Waals surface area contributed by atoms with Crippen LogP contribution in [-0.4, -0.2) is 18.6 Å². The fourth-order valence-corrected chi connectivity index (χ4v) is 3.68. The van der Waals surface area contributed by atoms with E-state index in [1.807, 2.05) is 6.07 Å². The zero-order chi connectivity index (χ0) is 14.8. The number of hydrogen-bond acceptors (Lipinski definition) is 6. The number of aryl methyl sites for hydroxylation is 1. The summed E-state index contributed by atoms with van der Waals surface area (Å²) in [7, 11) is -3.70. The molecule has 0 aliphatic rings. The average Bonchev–Trinajstić information content (AvgIpc) is 2.92. The van der Waals surface area contributed by atoms with Crippen molar-refractivity contribution in [3.8, 4) is 0 Å². The Morgan fingerprint density at radius 2 is 2.20 bits per heavy atom. The fraction of sp³-hybridized carbons (Fsp3) is 0.273. The third-order valence-electron chi connectivity index (χ3n) is 2.63. The molecule has 7 nitrogen and oxygen atoms in total. The summed E-state index contributed by atoms with van der Waals surface area (Å²) < 4.78 is 32.1. The van der Waals surface area contributed by atoms with E-state index in [4.69, 9.17) is 5.73 Å². The van der Waals surface area contributed by atoms with Crippen molar-refractivity contribution in [2.75, 3.05) is 0 Å². The van der Waals surface area contributed by atoms with Crippen LogP contribution in [0.2, 0.25) is 0 Å². The average molecular weight is 361 g/mol. The molecule has 3 N–H and O–H groups in total. The second-order valence-corrected chi connectivity index (χ2v) is 6.63. The Kier molecular flexibility index (Phi) is 4.53. The minimum Gasteiger partial charge on any atom is -0.343 e. The van der Waals surface area contributed by atoms with Crippen molar-refractivity contribution in [1.82, 2.24) is 14.9 Å². The van der Waals surface area contributed by atoms with E-state index in [0.29, 0.717) is 4.47 Å². The van der Waals surface area contributed by atoms with Gasteiger partial charge in [0, 0.05) is 11.0 Å². The predicted octanol–water partition coefficient (Wildman–Crippen LogP) is 1.08. The summed E-state index contributed by atoms with van der Waals surface area (Å²) in [5, 5.41) is 3.54. The third kappa shape index (κ3) is 3.23. The van der Waals surface area contributed by atoms with Crippen molar-refractivity contribution in [3.05, 3.63) is 40.0 Å². The van der Waals surface area contributed by atoms with E-state index in [0.717, 1.165) is 17.5 Å². The molecule has 0 saturated carbocycles. The molecule has 1 heterocycles. The number of halogens is 1. The molecule has 20 heavy (non-hydrogen) atoms. The molecule has 9 heteroatoms. The molecule has 0 aliphatic carbocycles. The summed E-state index contributed by atoms with van der Waals surface area (Å²) in [4.78, 5) is 3.89. The Labute approximate surface area is 124 Å². The number of hydrogen-bond donors (Lipinski definition) is 2. The van der Waals surface area contributed by atoms with Gasteiger partial charge < -0.3 is 10.3 Å². The van der Waals surface area contributed by atoms with Crippen LogP contribution in [0.5, 0.6) is 0 Å². The molecule has 2 aromatic rings. The van der Waals surface area contributed by atoms with E-state index in [1.165, 1.54) is 6.07 Å². The highest BCUT2D eigenvalue weighted by atomic mass is 79.9. The lowest BCUT2D eigenvalue weighted by atomic mass is 10.1. The maximum Gasteiger partial charge on any atom is 0.242 e. The van der Waals surface area contributed by atoms with Crippen molar-refractivity contribution in [1.29, 1.82) is 0 Å². The molecule has 108 valence electrons. The van der Waals surface area contributed by atoms with Gasteiger partial charge in [0.05, 0.1) is 11.4 Å². The van der Waals surface area contributed by atoms with E-state index >= 15 is 0 Å². The van der Waals surface area contributed by atoms with Crippen molar-refractivity contribution < 1.29 is 12.9 Å². The van der Waals surface area contributed by atoms with Crippen LogP contribution in [0, 0.1) is 6.92 Å². The van der Waals surface area contributed by atoms with Crippen LogP contribution in [0.25, 0.3) is 0 Å². The van der Waals surface area contributed by atoms with Crippen LogP contribution in [0.3, 0.4) is 0 Å². The van der Waals surface area contributed by atoms with Crippen molar-refractivity contribution in [3.63, 3.8) is 0 Å². The first-order valence-corrected chi connectivity index (χ1v) is 7.95. The van der Waals surface area contributed by atoms with E-state index in [-0.39, 0.29) is 23.8 Å². The van der Waals surface area contributed by atoms with Crippen LogP contribution in [-0.2, 0) is 23.1 Å². The molecule has 0 fully saturated rings. The van der Waals surface area contributed by atoms with E-state index in [1.54, 1.807) is 6.92 Å². The quantitative estimate of drug-likeness (QED) is 0.824. The second-order valence-electron chi connectivity index (χ2n) is 4.10. The van der Waals surface area contributed by atoms with Crippen LogP contribution in [0.1, 0.15) is 17.0 Å². The Morgan fingerprint density at radius 3 is 2.80 bits per heavy atom. The van der Waals surface area contributed by atoms with Crippen LogP contribution >= 0.6 is 15.9 Å². The molecule has 0 amide bonds. The lowest BCUT2D eigenvalue weighted by Crippen LogP contribution is -2.24. The smallest absolute Gasteiger partial charge is 0.242 e. The van der Waals surface area contributed by atoms with E-state index in [2.05, 4.69) is 35.3 Å². The molecule has 0 atom stereocenters. The van der Waals surface area contributed by atoms with Gasteiger partial charge in [-0.15, -0.1) is 0 Å². The third-order valence-corrected chi connectivity index (χ3v) is 5.37. The van der Waals surface area contributed by atoms with Gasteiger partial charge in [-0.25, -0.2) is 13.1 Å². The summed E-state index contributed by atoms with van der Waals surface area (Å²) in [5.74, 6) is 0.261. The van der Waals surface area contributed by atoms with Crippen LogP contribution in [0.4, 0.5) is 0 Å². The molecular weight excluding hydrogens is 348 g/mol. The van der Waals surface area contributed by atoms with Gasteiger partial charge >= 0.3 is 0 Å². The van der Waals surface area contributed by atoms with E-state index < -0.39 is 10.0 Å². The number of nitrogens with two attached hydrogens (primary N) is 1. The van der Waals surface area contributed by atoms with Gasteiger partial charge in [0.1, 0.15) is 0 Å². The largest absolute Gasteiger partial charge is 0.343 e. The molecule has 0 unspecified atom stereocenters. The zero-order valence-electron chi connectivity index (χ0n) is 10.6. The van der Waals surface area contributed by atoms with Crippen molar-refractivity contribution in [2.24, 2.45) is 5.73 Å². The molecule has 0 bridgehead atoms. The number of nitrogens with one attached hydrogen (secondary N) is 1. The highest BCUT2D eigenvalue weighted by Gasteiger charge is 2.20. The Balaban J connectivity index is 2.31. The van der Waals surface area contributed by atoms with Crippen molar-refractivity contribution >= 4 is 26.0 Å². The molecule has 0 saturated heterocycles. The first-order chi connectivity index (χ1) is 9.44. The minimum absolute atomic E-state index is 0.0445. The topological polar surface area (TPSA) is 111 Å². The van der Waals surface area contributed by atoms with Crippen LogP contribution in [0.15, 0.2) is 32.4 Å². The summed E-state index contributed by atoms with van der Waals surface area (Å²) in [5.41, 5.74) is 7.11. The highest BCUT2D eigenvalue weighted by molar-refractivity contribution is 9.10. The maximum atomic E-state index is 12.3. The Hall–Kier alpha value is -1.29. The van der Waals surface area contributed by atoms with Crippen LogP contribution < -0.4 is 10.5 Å². The second kappa shape index (κ2) is 6.00. The van der Waals surface area contributed by atoms with Gasteiger partial charge in [-0.2, -0.15) is 4.98 Å². The number of aromatic nitrogens is 2. The summed E-state index contributed by atoms with van der Waals surface area (Å²) >= 11 is 3.29.